The van der Waals surface area contributed by atoms with Gasteiger partial charge in [0, 0.05) is 18.0 Å². The molecule has 0 aliphatic carbocycles. The van der Waals surface area contributed by atoms with Crippen molar-refractivity contribution in [3.8, 4) is 22.8 Å². The second-order valence-electron chi connectivity index (χ2n) is 6.51. The Hall–Kier alpha value is -2.79. The van der Waals surface area contributed by atoms with E-state index in [1.54, 1.807) is 13.1 Å². The molecule has 0 aromatic carbocycles. The third-order valence-corrected chi connectivity index (χ3v) is 7.10. The molecule has 0 bridgehead atoms. The highest BCUT2D eigenvalue weighted by Gasteiger charge is 2.33. The lowest BCUT2D eigenvalue weighted by Gasteiger charge is -2.10. The Morgan fingerprint density at radius 1 is 1.17 bits per heavy atom. The number of sulfone groups is 1. The molecule has 0 unspecified atom stereocenters. The Morgan fingerprint density at radius 3 is 2.57 bits per heavy atom. The molecule has 30 heavy (non-hydrogen) atoms. The molecule has 0 fully saturated rings. The van der Waals surface area contributed by atoms with Crippen LogP contribution in [0, 0.1) is 0 Å². The molecule has 4 aromatic rings. The Kier molecular flexibility index (Phi) is 4.89. The second-order valence-corrected chi connectivity index (χ2v) is 9.54. The van der Waals surface area contributed by atoms with Gasteiger partial charge in [-0.05, 0) is 29.6 Å². The fourth-order valence-corrected chi connectivity index (χ4v) is 4.71. The van der Waals surface area contributed by atoms with Crippen LogP contribution in [0.3, 0.4) is 0 Å². The van der Waals surface area contributed by atoms with Crippen molar-refractivity contribution in [3.63, 3.8) is 0 Å². The average molecular weight is 452 g/mol. The molecular weight excluding hydrogens is 437 g/mol. The van der Waals surface area contributed by atoms with Crippen molar-refractivity contribution in [3.05, 3.63) is 46.9 Å². The van der Waals surface area contributed by atoms with Gasteiger partial charge in [0.15, 0.2) is 15.7 Å². The zero-order valence-electron chi connectivity index (χ0n) is 15.8. The summed E-state index contributed by atoms with van der Waals surface area (Å²) in [5.74, 6) is -0.00125. The summed E-state index contributed by atoms with van der Waals surface area (Å²) in [6, 6.07) is 5.77. The van der Waals surface area contributed by atoms with Gasteiger partial charge in [-0.1, -0.05) is 6.92 Å². The van der Waals surface area contributed by atoms with Crippen LogP contribution in [0.15, 0.2) is 46.1 Å². The number of thiophene rings is 1. The van der Waals surface area contributed by atoms with Crippen molar-refractivity contribution in [1.82, 2.24) is 19.5 Å². The predicted octanol–water partition coefficient (Wildman–Crippen LogP) is 4.57. The third-order valence-electron chi connectivity index (χ3n) is 4.66. The van der Waals surface area contributed by atoms with E-state index < -0.39 is 21.7 Å². The molecule has 4 aromatic heterocycles. The number of aromatic nitrogens is 4. The number of pyridine rings is 2. The lowest BCUT2D eigenvalue weighted by molar-refractivity contribution is -0.141. The zero-order chi connectivity index (χ0) is 21.7. The van der Waals surface area contributed by atoms with Gasteiger partial charge in [-0.25, -0.2) is 23.4 Å². The summed E-state index contributed by atoms with van der Waals surface area (Å²) < 4.78 is 65.9. The van der Waals surface area contributed by atoms with Crippen LogP contribution in [-0.2, 0) is 23.1 Å². The van der Waals surface area contributed by atoms with E-state index in [2.05, 4.69) is 15.0 Å². The van der Waals surface area contributed by atoms with Crippen molar-refractivity contribution in [2.24, 2.45) is 7.05 Å². The number of alkyl halides is 3. The summed E-state index contributed by atoms with van der Waals surface area (Å²) in [5.41, 5.74) is 0.760. The number of nitrogens with zero attached hydrogens (tertiary/aromatic N) is 4. The van der Waals surface area contributed by atoms with Crippen LogP contribution in [0.5, 0.6) is 0 Å². The highest BCUT2D eigenvalue weighted by Crippen LogP contribution is 2.33. The number of hydrogen-bond acceptors (Lipinski definition) is 6. The molecule has 0 radical (unpaired) electrons. The lowest BCUT2D eigenvalue weighted by atomic mass is 10.2. The van der Waals surface area contributed by atoms with Crippen LogP contribution >= 0.6 is 11.3 Å². The largest absolute Gasteiger partial charge is 0.433 e. The van der Waals surface area contributed by atoms with Gasteiger partial charge in [-0.15, -0.1) is 0 Å². The molecule has 0 spiro atoms. The average Bonchev–Trinajstić information content (AvgIpc) is 3.35. The van der Waals surface area contributed by atoms with E-state index in [1.807, 2.05) is 16.8 Å². The van der Waals surface area contributed by atoms with Crippen LogP contribution in [0.2, 0.25) is 0 Å². The maximum Gasteiger partial charge on any atom is 0.433 e. The van der Waals surface area contributed by atoms with Crippen LogP contribution in [0.1, 0.15) is 12.6 Å². The zero-order valence-corrected chi connectivity index (χ0v) is 17.4. The van der Waals surface area contributed by atoms with Crippen molar-refractivity contribution in [1.29, 1.82) is 0 Å². The molecule has 0 aliphatic rings. The molecule has 0 atom stereocenters. The number of imidazole rings is 1. The van der Waals surface area contributed by atoms with Crippen LogP contribution in [0.25, 0.3) is 33.8 Å². The van der Waals surface area contributed by atoms with E-state index in [4.69, 9.17) is 0 Å². The predicted molar refractivity (Wildman–Crippen MR) is 108 cm³/mol. The number of halogens is 3. The van der Waals surface area contributed by atoms with Crippen molar-refractivity contribution in [2.45, 2.75) is 18.0 Å². The molecular formula is C19H15F3N4O2S2. The summed E-state index contributed by atoms with van der Waals surface area (Å²) in [6.45, 7) is 1.51. The minimum absolute atomic E-state index is 0.0219. The molecule has 0 N–H and O–H groups in total. The molecule has 11 heteroatoms. The lowest BCUT2D eigenvalue weighted by Crippen LogP contribution is -2.09. The van der Waals surface area contributed by atoms with Gasteiger partial charge in [0.1, 0.15) is 11.4 Å². The second kappa shape index (κ2) is 7.17. The number of fused-ring (bicyclic) bond motifs is 1. The normalized spacial score (nSPS) is 12.6. The van der Waals surface area contributed by atoms with E-state index in [1.165, 1.54) is 28.9 Å². The standard InChI is InChI=1S/C19H15F3N4O2S2/c1-3-30(27,28)15-5-4-12(11-6-7-29-10-11)24-17(15)18-25-13-8-16(19(20,21)22)23-9-14(13)26(18)2/h4-10H,3H2,1-2H3. The van der Waals surface area contributed by atoms with Gasteiger partial charge >= 0.3 is 6.18 Å². The highest BCUT2D eigenvalue weighted by atomic mass is 32.2. The smallest absolute Gasteiger partial charge is 0.324 e. The molecule has 4 heterocycles. The molecule has 156 valence electrons. The van der Waals surface area contributed by atoms with Crippen LogP contribution in [0.4, 0.5) is 13.2 Å². The van der Waals surface area contributed by atoms with Crippen LogP contribution < -0.4 is 0 Å². The van der Waals surface area contributed by atoms with Gasteiger partial charge in [0.25, 0.3) is 0 Å². The maximum absolute atomic E-state index is 13.0. The SMILES string of the molecule is CCS(=O)(=O)c1ccc(-c2ccsc2)nc1-c1nc2cc(C(F)(F)F)ncc2n1C. The van der Waals surface area contributed by atoms with Gasteiger partial charge < -0.3 is 4.57 Å². The first-order valence-electron chi connectivity index (χ1n) is 8.78. The van der Waals surface area contributed by atoms with Gasteiger partial charge in [-0.3, -0.25) is 0 Å². The Morgan fingerprint density at radius 2 is 1.93 bits per heavy atom. The Bertz CT molecular complexity index is 1340. The molecule has 4 rings (SSSR count). The quantitative estimate of drug-likeness (QED) is 0.453. The Balaban J connectivity index is 1.99. The number of rotatable bonds is 4. The summed E-state index contributed by atoms with van der Waals surface area (Å²) >= 11 is 1.47. The molecule has 0 amide bonds. The fourth-order valence-electron chi connectivity index (χ4n) is 3.04. The van der Waals surface area contributed by atoms with Gasteiger partial charge in [0.2, 0.25) is 0 Å². The highest BCUT2D eigenvalue weighted by molar-refractivity contribution is 7.91. The van der Waals surface area contributed by atoms with Crippen LogP contribution in [-0.4, -0.2) is 33.7 Å². The van der Waals surface area contributed by atoms with E-state index in [-0.39, 0.29) is 27.7 Å². The molecule has 6 nitrogen and oxygen atoms in total. The van der Waals surface area contributed by atoms with Gasteiger partial charge in [0.05, 0.1) is 33.6 Å². The van der Waals surface area contributed by atoms with Crippen molar-refractivity contribution >= 4 is 32.2 Å². The number of aryl methyl sites for hydroxylation is 1. The summed E-state index contributed by atoms with van der Waals surface area (Å²) in [5, 5.41) is 3.74. The van der Waals surface area contributed by atoms with Crippen molar-refractivity contribution < 1.29 is 21.6 Å². The minimum Gasteiger partial charge on any atom is -0.324 e. The summed E-state index contributed by atoms with van der Waals surface area (Å²) in [6.07, 6.45) is -3.54. The van der Waals surface area contributed by atoms with E-state index in [0.29, 0.717) is 11.2 Å². The monoisotopic (exact) mass is 452 g/mol. The summed E-state index contributed by atoms with van der Waals surface area (Å²) in [4.78, 5) is 12.3. The van der Waals surface area contributed by atoms with E-state index in [9.17, 15) is 21.6 Å². The first kappa shape index (κ1) is 20.5. The maximum atomic E-state index is 13.0. The van der Waals surface area contributed by atoms with Crippen molar-refractivity contribution in [2.75, 3.05) is 5.75 Å². The topological polar surface area (TPSA) is 77.7 Å². The van der Waals surface area contributed by atoms with E-state index >= 15 is 0 Å². The van der Waals surface area contributed by atoms with E-state index in [0.717, 1.165) is 17.8 Å². The first-order chi connectivity index (χ1) is 14.1. The third kappa shape index (κ3) is 3.47. The summed E-state index contributed by atoms with van der Waals surface area (Å²) in [7, 11) is -2.07. The van der Waals surface area contributed by atoms with Gasteiger partial charge in [-0.2, -0.15) is 24.5 Å². The molecule has 0 aliphatic heterocycles. The number of hydrogen-bond donors (Lipinski definition) is 0. The fraction of sp³-hybridized carbons (Fsp3) is 0.211. The minimum atomic E-state index is -4.61. The first-order valence-corrected chi connectivity index (χ1v) is 11.4. The molecule has 0 saturated heterocycles. The Labute approximate surface area is 174 Å². The molecule has 0 saturated carbocycles.